The fourth-order valence-electron chi connectivity index (χ4n) is 1.69. The van der Waals surface area contributed by atoms with Crippen LogP contribution in [0.2, 0.25) is 0 Å². The van der Waals surface area contributed by atoms with Gasteiger partial charge in [-0.15, -0.1) is 0 Å². The summed E-state index contributed by atoms with van der Waals surface area (Å²) in [6.07, 6.45) is 3.49. The molecule has 3 N–H and O–H groups in total. The maximum Gasteiger partial charge on any atom is 0.242 e. The summed E-state index contributed by atoms with van der Waals surface area (Å²) in [6, 6.07) is 3.05. The van der Waals surface area contributed by atoms with E-state index in [4.69, 9.17) is 5.73 Å². The van der Waals surface area contributed by atoms with Crippen molar-refractivity contribution in [2.24, 2.45) is 12.8 Å². The predicted molar refractivity (Wildman–Crippen MR) is 72.0 cm³/mol. The zero-order chi connectivity index (χ0) is 14.6. The lowest BCUT2D eigenvalue weighted by Gasteiger charge is -2.08. The Labute approximate surface area is 117 Å². The van der Waals surface area contributed by atoms with Crippen molar-refractivity contribution < 1.29 is 8.42 Å². The van der Waals surface area contributed by atoms with Crippen LogP contribution in [0.5, 0.6) is 0 Å². The summed E-state index contributed by atoms with van der Waals surface area (Å²) in [7, 11) is -1.87. The summed E-state index contributed by atoms with van der Waals surface area (Å²) in [5.74, 6) is 0.584. The van der Waals surface area contributed by atoms with Crippen LogP contribution >= 0.6 is 0 Å². The van der Waals surface area contributed by atoms with Crippen LogP contribution in [0.15, 0.2) is 29.6 Å². The molecule has 0 spiro atoms. The van der Waals surface area contributed by atoms with E-state index in [1.807, 2.05) is 0 Å². The molecule has 8 nitrogen and oxygen atoms in total. The van der Waals surface area contributed by atoms with Crippen LogP contribution < -0.4 is 10.5 Å². The first-order valence-corrected chi connectivity index (χ1v) is 7.49. The Hall–Kier alpha value is -1.84. The Balaban J connectivity index is 2.04. The summed E-state index contributed by atoms with van der Waals surface area (Å²) in [5.41, 5.74) is 5.84. The molecule has 2 rings (SSSR count). The van der Waals surface area contributed by atoms with Crippen LogP contribution in [0.1, 0.15) is 11.5 Å². The van der Waals surface area contributed by atoms with E-state index in [0.29, 0.717) is 17.9 Å². The number of sulfonamides is 1. The highest BCUT2D eigenvalue weighted by atomic mass is 32.2. The molecule has 0 unspecified atom stereocenters. The molecule has 0 amide bonds. The molecule has 2 heterocycles. The highest BCUT2D eigenvalue weighted by Crippen LogP contribution is 2.11. The number of hydrogen-bond donors (Lipinski definition) is 2. The zero-order valence-electron chi connectivity index (χ0n) is 11.0. The highest BCUT2D eigenvalue weighted by molar-refractivity contribution is 7.89. The Kier molecular flexibility index (Phi) is 4.42. The van der Waals surface area contributed by atoms with Crippen molar-refractivity contribution >= 4 is 10.0 Å². The van der Waals surface area contributed by atoms with Crippen molar-refractivity contribution in [3.8, 4) is 0 Å². The van der Waals surface area contributed by atoms with Crippen molar-refractivity contribution in [2.45, 2.75) is 17.9 Å². The van der Waals surface area contributed by atoms with Crippen molar-refractivity contribution in [3.63, 3.8) is 0 Å². The molecule has 2 aromatic rings. The third-order valence-corrected chi connectivity index (χ3v) is 4.15. The van der Waals surface area contributed by atoms with Gasteiger partial charge in [-0.25, -0.2) is 18.1 Å². The minimum absolute atomic E-state index is 0.0683. The molecule has 0 aliphatic heterocycles. The van der Waals surface area contributed by atoms with Crippen molar-refractivity contribution in [1.82, 2.24) is 24.5 Å². The molecule has 0 atom stereocenters. The minimum atomic E-state index is -3.62. The van der Waals surface area contributed by atoms with Gasteiger partial charge in [-0.3, -0.25) is 9.67 Å². The highest BCUT2D eigenvalue weighted by Gasteiger charge is 2.18. The first-order valence-electron chi connectivity index (χ1n) is 6.01. The topological polar surface area (TPSA) is 116 Å². The summed E-state index contributed by atoms with van der Waals surface area (Å²) in [6.45, 7) is 0.282. The van der Waals surface area contributed by atoms with Gasteiger partial charge < -0.3 is 5.73 Å². The first-order chi connectivity index (χ1) is 9.53. The van der Waals surface area contributed by atoms with Gasteiger partial charge in [0.15, 0.2) is 5.82 Å². The second-order valence-electron chi connectivity index (χ2n) is 4.13. The van der Waals surface area contributed by atoms with Gasteiger partial charge >= 0.3 is 0 Å². The first kappa shape index (κ1) is 14.6. The maximum absolute atomic E-state index is 12.2. The van der Waals surface area contributed by atoms with Gasteiger partial charge in [0, 0.05) is 32.8 Å². The predicted octanol–water partition coefficient (Wildman–Crippen LogP) is -0.810. The van der Waals surface area contributed by atoms with E-state index in [9.17, 15) is 8.42 Å². The van der Waals surface area contributed by atoms with E-state index < -0.39 is 10.0 Å². The summed E-state index contributed by atoms with van der Waals surface area (Å²) >= 11 is 0. The van der Waals surface area contributed by atoms with E-state index in [2.05, 4.69) is 19.8 Å². The van der Waals surface area contributed by atoms with E-state index in [1.54, 1.807) is 24.1 Å². The molecule has 0 saturated heterocycles. The molecule has 0 aliphatic carbocycles. The summed E-state index contributed by atoms with van der Waals surface area (Å²) < 4.78 is 28.4. The van der Waals surface area contributed by atoms with Gasteiger partial charge in [-0.2, -0.15) is 5.10 Å². The van der Waals surface area contributed by atoms with E-state index in [-0.39, 0.29) is 18.0 Å². The van der Waals surface area contributed by atoms with Gasteiger partial charge in [-0.05, 0) is 12.1 Å². The third-order valence-electron chi connectivity index (χ3n) is 2.62. The molecule has 20 heavy (non-hydrogen) atoms. The Morgan fingerprint density at radius 2 is 2.20 bits per heavy atom. The Morgan fingerprint density at radius 1 is 1.40 bits per heavy atom. The molecular weight excluding hydrogens is 280 g/mol. The lowest BCUT2D eigenvalue weighted by Crippen LogP contribution is -2.27. The van der Waals surface area contributed by atoms with Crippen LogP contribution in [0.3, 0.4) is 0 Å². The Bertz CT molecular complexity index is 682. The van der Waals surface area contributed by atoms with Crippen LogP contribution in [0.4, 0.5) is 0 Å². The minimum Gasteiger partial charge on any atom is -0.325 e. The van der Waals surface area contributed by atoms with E-state index in [1.165, 1.54) is 12.3 Å². The van der Waals surface area contributed by atoms with Crippen molar-refractivity contribution in [1.29, 1.82) is 0 Å². The molecular formula is C11H16N6O2S. The number of nitrogens with one attached hydrogen (secondary N) is 1. The standard InChI is InChI=1S/C11H16N6O2S/c1-17-8-14-11(16-17)4-6-15-20(18,19)10-3-2-5-13-9(10)7-12/h2-3,5,8,15H,4,6-7,12H2,1H3. The van der Waals surface area contributed by atoms with Gasteiger partial charge in [0.25, 0.3) is 0 Å². The molecule has 0 fully saturated rings. The van der Waals surface area contributed by atoms with Crippen LogP contribution in [-0.4, -0.2) is 34.7 Å². The number of rotatable bonds is 6. The van der Waals surface area contributed by atoms with Crippen LogP contribution in [0.25, 0.3) is 0 Å². The molecule has 0 bridgehead atoms. The smallest absolute Gasteiger partial charge is 0.242 e. The number of aryl methyl sites for hydroxylation is 1. The Morgan fingerprint density at radius 3 is 2.85 bits per heavy atom. The van der Waals surface area contributed by atoms with E-state index in [0.717, 1.165) is 0 Å². The number of hydrogen-bond acceptors (Lipinski definition) is 6. The normalized spacial score (nSPS) is 11.7. The SMILES string of the molecule is Cn1cnc(CCNS(=O)(=O)c2cccnc2CN)n1. The van der Waals surface area contributed by atoms with Gasteiger partial charge in [-0.1, -0.05) is 0 Å². The fourth-order valence-corrected chi connectivity index (χ4v) is 2.92. The van der Waals surface area contributed by atoms with Gasteiger partial charge in [0.1, 0.15) is 11.2 Å². The largest absolute Gasteiger partial charge is 0.325 e. The number of nitrogens with two attached hydrogens (primary N) is 1. The molecule has 0 saturated carbocycles. The fraction of sp³-hybridized carbons (Fsp3) is 0.364. The summed E-state index contributed by atoms with van der Waals surface area (Å²) in [5, 5.41) is 4.08. The second-order valence-corrected chi connectivity index (χ2v) is 5.87. The average Bonchev–Trinajstić information content (AvgIpc) is 2.84. The van der Waals surface area contributed by atoms with Crippen LogP contribution in [-0.2, 0) is 30.0 Å². The van der Waals surface area contributed by atoms with Crippen molar-refractivity contribution in [3.05, 3.63) is 36.2 Å². The van der Waals surface area contributed by atoms with Crippen molar-refractivity contribution in [2.75, 3.05) is 6.54 Å². The number of nitrogens with zero attached hydrogens (tertiary/aromatic N) is 4. The molecule has 9 heteroatoms. The number of pyridine rings is 1. The molecule has 0 aliphatic rings. The monoisotopic (exact) mass is 296 g/mol. The summed E-state index contributed by atoms with van der Waals surface area (Å²) in [4.78, 5) is 8.10. The van der Waals surface area contributed by atoms with Gasteiger partial charge in [0.05, 0.1) is 5.69 Å². The lowest BCUT2D eigenvalue weighted by molar-refractivity contribution is 0.578. The quantitative estimate of drug-likeness (QED) is 0.720. The van der Waals surface area contributed by atoms with E-state index >= 15 is 0 Å². The lowest BCUT2D eigenvalue weighted by atomic mass is 10.3. The third kappa shape index (κ3) is 3.38. The zero-order valence-corrected chi connectivity index (χ0v) is 11.8. The van der Waals surface area contributed by atoms with Gasteiger partial charge in [0.2, 0.25) is 10.0 Å². The molecule has 0 aromatic carbocycles. The maximum atomic E-state index is 12.2. The second kappa shape index (κ2) is 6.07. The molecule has 108 valence electrons. The average molecular weight is 296 g/mol. The number of aromatic nitrogens is 4. The molecule has 2 aromatic heterocycles. The molecule has 0 radical (unpaired) electrons. The van der Waals surface area contributed by atoms with Crippen LogP contribution in [0, 0.1) is 0 Å².